The first-order valence-electron chi connectivity index (χ1n) is 9.75. The second-order valence-electron chi connectivity index (χ2n) is 7.11. The third kappa shape index (κ3) is 3.76. The van der Waals surface area contributed by atoms with E-state index < -0.39 is 22.3 Å². The van der Waals surface area contributed by atoms with Crippen LogP contribution in [0.4, 0.5) is 9.80 Å². The molecule has 0 saturated carbocycles. The number of thiophene rings is 1. The summed E-state index contributed by atoms with van der Waals surface area (Å²) in [6.07, 6.45) is 0.584. The molecule has 30 heavy (non-hydrogen) atoms. The van der Waals surface area contributed by atoms with Crippen LogP contribution in [0.1, 0.15) is 37.1 Å². The maximum Gasteiger partial charge on any atom is 0.427 e. The van der Waals surface area contributed by atoms with Crippen LogP contribution in [0.15, 0.2) is 53.4 Å². The number of fused-ring (bicyclic) bond motifs is 1. The molecule has 1 fully saturated rings. The fourth-order valence-corrected chi connectivity index (χ4v) is 6.44. The number of rotatable bonds is 7. The summed E-state index contributed by atoms with van der Waals surface area (Å²) < 4.78 is 29.8. The van der Waals surface area contributed by atoms with Crippen LogP contribution in [-0.2, 0) is 14.9 Å². The standard InChI is InChI=1S/C21H23N3O4S2/c1-3-4-13-24(20-14(2)17-7-5-6-8-18(17)29-20)30(26,27)16-11-9-15(10-12-16)19-22-21(25)28-23-19/h5-12,19,23H,3-4,13H2,1-2H3,(H,22,25). The van der Waals surface area contributed by atoms with Gasteiger partial charge in [-0.2, -0.15) is 0 Å². The van der Waals surface area contributed by atoms with Crippen LogP contribution in [0.25, 0.3) is 10.1 Å². The Morgan fingerprint density at radius 1 is 1.13 bits per heavy atom. The topological polar surface area (TPSA) is 87.7 Å². The Bertz CT molecular complexity index is 1170. The average molecular weight is 446 g/mol. The third-order valence-electron chi connectivity index (χ3n) is 5.09. The van der Waals surface area contributed by atoms with Crippen molar-refractivity contribution in [3.05, 3.63) is 59.7 Å². The van der Waals surface area contributed by atoms with Gasteiger partial charge in [-0.1, -0.05) is 43.7 Å². The van der Waals surface area contributed by atoms with Crippen molar-refractivity contribution in [2.45, 2.75) is 37.8 Å². The molecule has 9 heteroatoms. The van der Waals surface area contributed by atoms with Gasteiger partial charge in [0.15, 0.2) is 0 Å². The first kappa shape index (κ1) is 20.6. The Morgan fingerprint density at radius 3 is 2.50 bits per heavy atom. The van der Waals surface area contributed by atoms with Crippen LogP contribution in [0.2, 0.25) is 0 Å². The lowest BCUT2D eigenvalue weighted by Crippen LogP contribution is -2.32. The maximum absolute atomic E-state index is 13.6. The minimum absolute atomic E-state index is 0.212. The molecule has 7 nitrogen and oxygen atoms in total. The zero-order chi connectivity index (χ0) is 21.3. The number of nitrogens with zero attached hydrogens (tertiary/aromatic N) is 1. The van der Waals surface area contributed by atoms with E-state index in [1.54, 1.807) is 24.3 Å². The molecular weight excluding hydrogens is 422 g/mol. The second kappa shape index (κ2) is 8.25. The molecule has 0 spiro atoms. The lowest BCUT2D eigenvalue weighted by atomic mass is 10.2. The lowest BCUT2D eigenvalue weighted by molar-refractivity contribution is 0.121. The summed E-state index contributed by atoms with van der Waals surface area (Å²) in [6.45, 7) is 4.44. The van der Waals surface area contributed by atoms with E-state index in [1.165, 1.54) is 15.6 Å². The van der Waals surface area contributed by atoms with Crippen LogP contribution in [0.3, 0.4) is 0 Å². The maximum atomic E-state index is 13.6. The number of carbonyl (C=O) groups is 1. The molecule has 1 unspecified atom stereocenters. The summed E-state index contributed by atoms with van der Waals surface area (Å²) in [5, 5.41) is 4.43. The fraction of sp³-hybridized carbons (Fsp3) is 0.286. The van der Waals surface area contributed by atoms with Gasteiger partial charge in [0, 0.05) is 11.2 Å². The smallest absolute Gasteiger partial charge is 0.351 e. The molecule has 4 rings (SSSR count). The zero-order valence-electron chi connectivity index (χ0n) is 16.7. The van der Waals surface area contributed by atoms with Crippen molar-refractivity contribution >= 4 is 42.5 Å². The second-order valence-corrected chi connectivity index (χ2v) is 10.0. The van der Waals surface area contributed by atoms with E-state index in [4.69, 9.17) is 0 Å². The Labute approximate surface area is 179 Å². The molecule has 2 N–H and O–H groups in total. The number of carbonyl (C=O) groups excluding carboxylic acids is 1. The fourth-order valence-electron chi connectivity index (χ4n) is 3.43. The number of aryl methyl sites for hydroxylation is 1. The van der Waals surface area contributed by atoms with Crippen molar-refractivity contribution in [3.8, 4) is 0 Å². The van der Waals surface area contributed by atoms with Crippen molar-refractivity contribution in [1.82, 2.24) is 10.8 Å². The zero-order valence-corrected chi connectivity index (χ0v) is 18.3. The molecular formula is C21H23N3O4S2. The minimum Gasteiger partial charge on any atom is -0.351 e. The number of nitrogens with one attached hydrogen (secondary N) is 2. The van der Waals surface area contributed by atoms with Gasteiger partial charge in [-0.05, 0) is 48.1 Å². The van der Waals surface area contributed by atoms with E-state index in [1.807, 2.05) is 38.1 Å². The van der Waals surface area contributed by atoms with Crippen molar-refractivity contribution in [1.29, 1.82) is 0 Å². The molecule has 0 aliphatic carbocycles. The molecule has 158 valence electrons. The Kier molecular flexibility index (Phi) is 5.68. The highest BCUT2D eigenvalue weighted by Crippen LogP contribution is 2.40. The molecule has 1 saturated heterocycles. The van der Waals surface area contributed by atoms with E-state index in [-0.39, 0.29) is 4.90 Å². The number of hydrogen-bond donors (Lipinski definition) is 2. The number of sulfonamides is 1. The van der Waals surface area contributed by atoms with E-state index in [0.717, 1.165) is 33.5 Å². The van der Waals surface area contributed by atoms with Gasteiger partial charge in [-0.3, -0.25) is 9.62 Å². The van der Waals surface area contributed by atoms with Gasteiger partial charge in [-0.15, -0.1) is 16.8 Å². The van der Waals surface area contributed by atoms with Gasteiger partial charge in [0.1, 0.15) is 11.2 Å². The van der Waals surface area contributed by atoms with Crippen molar-refractivity contribution in [3.63, 3.8) is 0 Å². The van der Waals surface area contributed by atoms with E-state index in [0.29, 0.717) is 12.1 Å². The number of amides is 1. The highest BCUT2D eigenvalue weighted by atomic mass is 32.2. The highest BCUT2D eigenvalue weighted by Gasteiger charge is 2.29. The quantitative estimate of drug-likeness (QED) is 0.561. The number of hydrogen-bond acceptors (Lipinski definition) is 6. The predicted octanol–water partition coefficient (Wildman–Crippen LogP) is 4.45. The largest absolute Gasteiger partial charge is 0.427 e. The Balaban J connectivity index is 1.70. The first-order valence-corrected chi connectivity index (χ1v) is 12.0. The minimum atomic E-state index is -3.74. The molecule has 1 aromatic heterocycles. The molecule has 3 aromatic rings. The summed E-state index contributed by atoms with van der Waals surface area (Å²) in [6, 6.07) is 14.5. The summed E-state index contributed by atoms with van der Waals surface area (Å²) in [5.41, 5.74) is 4.24. The average Bonchev–Trinajstić information content (AvgIpc) is 3.32. The normalized spacial score (nSPS) is 16.5. The number of hydroxylamine groups is 1. The first-order chi connectivity index (χ1) is 14.4. The summed E-state index contributed by atoms with van der Waals surface area (Å²) >= 11 is 1.50. The summed E-state index contributed by atoms with van der Waals surface area (Å²) in [5.74, 6) is 0. The van der Waals surface area contributed by atoms with E-state index >= 15 is 0 Å². The van der Waals surface area contributed by atoms with Crippen LogP contribution in [0, 0.1) is 6.92 Å². The number of benzene rings is 2. The molecule has 0 bridgehead atoms. The van der Waals surface area contributed by atoms with Gasteiger partial charge in [0.25, 0.3) is 10.0 Å². The summed E-state index contributed by atoms with van der Waals surface area (Å²) in [4.78, 5) is 16.1. The molecule has 2 aromatic carbocycles. The van der Waals surface area contributed by atoms with Crippen LogP contribution >= 0.6 is 11.3 Å². The molecule has 0 radical (unpaired) electrons. The van der Waals surface area contributed by atoms with Gasteiger partial charge in [0.2, 0.25) is 0 Å². The van der Waals surface area contributed by atoms with Crippen LogP contribution in [0.5, 0.6) is 0 Å². The van der Waals surface area contributed by atoms with Gasteiger partial charge >= 0.3 is 6.09 Å². The molecule has 1 atom stereocenters. The Hall–Kier alpha value is -2.62. The monoisotopic (exact) mass is 445 g/mol. The van der Waals surface area contributed by atoms with Gasteiger partial charge in [0.05, 0.1) is 4.90 Å². The van der Waals surface area contributed by atoms with Crippen molar-refractivity contribution in [2.24, 2.45) is 0 Å². The van der Waals surface area contributed by atoms with Crippen molar-refractivity contribution in [2.75, 3.05) is 10.8 Å². The molecule has 1 aliphatic heterocycles. The lowest BCUT2D eigenvalue weighted by Gasteiger charge is -2.24. The summed E-state index contributed by atoms with van der Waals surface area (Å²) in [7, 11) is -3.74. The molecule has 1 amide bonds. The van der Waals surface area contributed by atoms with Crippen LogP contribution < -0.4 is 15.1 Å². The SMILES string of the molecule is CCCCN(c1sc2ccccc2c1C)S(=O)(=O)c1ccc(C2NOC(=O)N2)cc1. The third-order valence-corrected chi connectivity index (χ3v) is 8.32. The van der Waals surface area contributed by atoms with E-state index in [9.17, 15) is 13.2 Å². The molecule has 2 heterocycles. The van der Waals surface area contributed by atoms with Crippen LogP contribution in [-0.4, -0.2) is 21.1 Å². The highest BCUT2D eigenvalue weighted by molar-refractivity contribution is 7.93. The van der Waals surface area contributed by atoms with Gasteiger partial charge < -0.3 is 4.84 Å². The van der Waals surface area contributed by atoms with Crippen molar-refractivity contribution < 1.29 is 18.0 Å². The predicted molar refractivity (Wildman–Crippen MR) is 118 cm³/mol. The van der Waals surface area contributed by atoms with Gasteiger partial charge in [-0.25, -0.2) is 13.2 Å². The Morgan fingerprint density at radius 2 is 1.87 bits per heavy atom. The number of anilines is 1. The van der Waals surface area contributed by atoms with E-state index in [2.05, 4.69) is 15.6 Å². The molecule has 1 aliphatic rings. The number of unbranched alkanes of at least 4 members (excludes halogenated alkanes) is 1.